The Balaban J connectivity index is 5.26. The summed E-state index contributed by atoms with van der Waals surface area (Å²) in [6.45, 7) is 11.9. The van der Waals surface area contributed by atoms with Crippen molar-refractivity contribution in [1.82, 2.24) is 0 Å². The summed E-state index contributed by atoms with van der Waals surface area (Å²) in [4.78, 5) is 72.8. The number of phosphoric ester groups is 2. The Morgan fingerprint density at radius 1 is 0.309 bits per heavy atom. The van der Waals surface area contributed by atoms with Gasteiger partial charge in [0.2, 0.25) is 0 Å². The average Bonchev–Trinajstić information content (AvgIpc) is 1.46. The molecule has 0 aromatic carbocycles. The van der Waals surface area contributed by atoms with Gasteiger partial charge in [-0.2, -0.15) is 0 Å². The molecule has 0 aromatic heterocycles. The minimum absolute atomic E-state index is 0.104. The van der Waals surface area contributed by atoms with Gasteiger partial charge in [0.1, 0.15) is 19.3 Å². The molecule has 0 heterocycles. The van der Waals surface area contributed by atoms with Gasteiger partial charge in [-0.15, -0.1) is 0 Å². The molecule has 4 unspecified atom stereocenters. The molecule has 0 saturated carbocycles. The van der Waals surface area contributed by atoms with Gasteiger partial charge in [0, 0.05) is 25.7 Å². The van der Waals surface area contributed by atoms with Crippen molar-refractivity contribution in [3.05, 3.63) is 0 Å². The van der Waals surface area contributed by atoms with Gasteiger partial charge in [-0.1, -0.05) is 331 Å². The molecule has 0 aliphatic carbocycles. The Hall–Kier alpha value is -1.94. The molecule has 19 heteroatoms. The van der Waals surface area contributed by atoms with Crippen LogP contribution in [0.4, 0.5) is 0 Å². The lowest BCUT2D eigenvalue weighted by atomic mass is 9.99. The van der Waals surface area contributed by atoms with Gasteiger partial charge in [-0.3, -0.25) is 37.3 Å². The number of ether oxygens (including phenoxy) is 4. The molecule has 0 radical (unpaired) electrons. The second-order valence-corrected chi connectivity index (χ2v) is 30.9. The molecular formula is C75H146O17P2. The predicted octanol–water partition coefficient (Wildman–Crippen LogP) is 21.8. The Kier molecular flexibility index (Phi) is 64.3. The summed E-state index contributed by atoms with van der Waals surface area (Å²) in [6, 6.07) is 0. The first kappa shape index (κ1) is 92.1. The van der Waals surface area contributed by atoms with Crippen molar-refractivity contribution >= 4 is 39.5 Å². The van der Waals surface area contributed by atoms with Crippen LogP contribution in [0.5, 0.6) is 0 Å². The number of hydrogen-bond donors (Lipinski definition) is 3. The fraction of sp³-hybridized carbons (Fsp3) is 0.947. The van der Waals surface area contributed by atoms with Gasteiger partial charge in [-0.25, -0.2) is 9.13 Å². The normalized spacial score (nSPS) is 14.7. The minimum atomic E-state index is -4.96. The summed E-state index contributed by atoms with van der Waals surface area (Å²) in [7, 11) is -9.91. The summed E-state index contributed by atoms with van der Waals surface area (Å²) in [5, 5.41) is 10.6. The average molecular weight is 1380 g/mol. The highest BCUT2D eigenvalue weighted by molar-refractivity contribution is 7.47. The van der Waals surface area contributed by atoms with Gasteiger partial charge in [-0.05, 0) is 43.4 Å². The van der Waals surface area contributed by atoms with E-state index in [-0.39, 0.29) is 25.7 Å². The van der Waals surface area contributed by atoms with E-state index in [1.165, 1.54) is 186 Å². The van der Waals surface area contributed by atoms with E-state index in [2.05, 4.69) is 48.5 Å². The third-order valence-electron chi connectivity index (χ3n) is 18.1. The lowest BCUT2D eigenvalue weighted by Gasteiger charge is -2.21. The molecule has 0 aliphatic heterocycles. The van der Waals surface area contributed by atoms with E-state index in [1.807, 2.05) is 0 Å². The quantitative estimate of drug-likeness (QED) is 0.0222. The summed E-state index contributed by atoms with van der Waals surface area (Å²) in [5.74, 6) is 0.161. The Morgan fingerprint density at radius 2 is 0.543 bits per heavy atom. The number of rotatable bonds is 73. The number of aliphatic hydroxyl groups is 1. The van der Waals surface area contributed by atoms with Crippen LogP contribution in [-0.2, 0) is 65.4 Å². The van der Waals surface area contributed by atoms with Crippen molar-refractivity contribution in [2.24, 2.45) is 17.8 Å². The molecule has 94 heavy (non-hydrogen) atoms. The van der Waals surface area contributed by atoms with Crippen molar-refractivity contribution in [2.75, 3.05) is 39.6 Å². The van der Waals surface area contributed by atoms with Gasteiger partial charge < -0.3 is 33.8 Å². The zero-order chi connectivity index (χ0) is 69.4. The number of carbonyl (C=O) groups is 4. The molecule has 0 aliphatic rings. The molecule has 0 saturated heterocycles. The predicted molar refractivity (Wildman–Crippen MR) is 381 cm³/mol. The van der Waals surface area contributed by atoms with Crippen LogP contribution in [-0.4, -0.2) is 96.7 Å². The van der Waals surface area contributed by atoms with Crippen LogP contribution in [0.15, 0.2) is 0 Å². The third-order valence-corrected chi connectivity index (χ3v) is 20.0. The summed E-state index contributed by atoms with van der Waals surface area (Å²) in [6.07, 6.45) is 51.3. The molecule has 0 fully saturated rings. The lowest BCUT2D eigenvalue weighted by Crippen LogP contribution is -2.30. The maximum Gasteiger partial charge on any atom is 0.472 e. The zero-order valence-corrected chi connectivity index (χ0v) is 63.2. The fourth-order valence-corrected chi connectivity index (χ4v) is 12.9. The molecule has 0 spiro atoms. The van der Waals surface area contributed by atoms with E-state index in [0.717, 1.165) is 114 Å². The number of carbonyl (C=O) groups excluding carboxylic acids is 4. The van der Waals surface area contributed by atoms with Crippen molar-refractivity contribution in [3.63, 3.8) is 0 Å². The van der Waals surface area contributed by atoms with E-state index >= 15 is 0 Å². The lowest BCUT2D eigenvalue weighted by molar-refractivity contribution is -0.161. The first-order chi connectivity index (χ1) is 45.3. The van der Waals surface area contributed by atoms with E-state index in [9.17, 15) is 43.2 Å². The van der Waals surface area contributed by atoms with Crippen LogP contribution in [0, 0.1) is 17.8 Å². The summed E-state index contributed by atoms with van der Waals surface area (Å²) in [5.41, 5.74) is 0. The molecule has 0 rings (SSSR count). The molecule has 17 nitrogen and oxygen atoms in total. The van der Waals surface area contributed by atoms with Crippen molar-refractivity contribution < 1.29 is 80.2 Å². The molecular weight excluding hydrogens is 1230 g/mol. The second-order valence-electron chi connectivity index (χ2n) is 28.0. The molecule has 7 atom stereocenters. The summed E-state index contributed by atoms with van der Waals surface area (Å²) >= 11 is 0. The Labute approximate surface area is 575 Å². The van der Waals surface area contributed by atoms with Crippen LogP contribution in [0.2, 0.25) is 0 Å². The number of esters is 4. The van der Waals surface area contributed by atoms with Crippen LogP contribution in [0.25, 0.3) is 0 Å². The Bertz CT molecular complexity index is 1840. The maximum absolute atomic E-state index is 13.1. The maximum atomic E-state index is 13.1. The highest BCUT2D eigenvalue weighted by atomic mass is 31.2. The molecule has 558 valence electrons. The highest BCUT2D eigenvalue weighted by Gasteiger charge is 2.30. The number of phosphoric acid groups is 2. The van der Waals surface area contributed by atoms with Gasteiger partial charge in [0.25, 0.3) is 0 Å². The number of aliphatic hydroxyl groups excluding tert-OH is 1. The third kappa shape index (κ3) is 66.0. The van der Waals surface area contributed by atoms with E-state index in [0.29, 0.717) is 25.7 Å². The number of hydrogen-bond acceptors (Lipinski definition) is 15. The SMILES string of the molecule is CCCCCCCCCCCCCCCCCCCC(=O)O[C@H](COC(=O)CCCCCCCCCCCCCCC(C)C)COP(=O)(O)OC[C@@H](O)COP(=O)(O)OC[C@@H](COC(=O)CCCCCCCCC(C)CC)OC(=O)CCCCCCCCCCC(C)CC. The van der Waals surface area contributed by atoms with Crippen LogP contribution in [0.3, 0.4) is 0 Å². The Morgan fingerprint density at radius 3 is 0.809 bits per heavy atom. The smallest absolute Gasteiger partial charge is 0.462 e. The number of unbranched alkanes of at least 4 members (excludes halogenated alkanes) is 39. The van der Waals surface area contributed by atoms with E-state index in [4.69, 9.17) is 37.0 Å². The fourth-order valence-electron chi connectivity index (χ4n) is 11.4. The standard InChI is InChI=1S/C75H146O17P2/c1-8-11-12-13-14-15-16-17-18-19-20-21-26-29-35-44-51-58-74(79)91-70(62-85-72(77)56-49-42-34-28-25-23-22-24-27-32-39-46-53-66(4)5)64-89-93(81,82)87-60-69(76)61-88-94(83,84)90-65-71(63-86-73(78)57-50-43-38-37-41-48-55-68(7)10-3)92-75(80)59-52-45-36-31-30-33-40-47-54-67(6)9-2/h66-71,76H,8-65H2,1-7H3,(H,81,82)(H,83,84)/t67?,68?,69-,70-,71-/m1/s1. The van der Waals surface area contributed by atoms with Crippen LogP contribution < -0.4 is 0 Å². The molecule has 0 bridgehead atoms. The van der Waals surface area contributed by atoms with Crippen molar-refractivity contribution in [2.45, 2.75) is 401 Å². The topological polar surface area (TPSA) is 237 Å². The monoisotopic (exact) mass is 1380 g/mol. The van der Waals surface area contributed by atoms with Gasteiger partial charge in [0.05, 0.1) is 26.4 Å². The molecule has 0 amide bonds. The van der Waals surface area contributed by atoms with Crippen LogP contribution in [0.1, 0.15) is 382 Å². The van der Waals surface area contributed by atoms with Gasteiger partial charge >= 0.3 is 39.5 Å². The zero-order valence-electron chi connectivity index (χ0n) is 61.4. The summed E-state index contributed by atoms with van der Waals surface area (Å²) < 4.78 is 68.5. The van der Waals surface area contributed by atoms with Crippen molar-refractivity contribution in [3.8, 4) is 0 Å². The first-order valence-corrected chi connectivity index (χ1v) is 41.9. The molecule has 3 N–H and O–H groups in total. The largest absolute Gasteiger partial charge is 0.472 e. The van der Waals surface area contributed by atoms with E-state index < -0.39 is 97.5 Å². The van der Waals surface area contributed by atoms with Gasteiger partial charge in [0.15, 0.2) is 12.2 Å². The first-order valence-electron chi connectivity index (χ1n) is 38.9. The van der Waals surface area contributed by atoms with Crippen molar-refractivity contribution in [1.29, 1.82) is 0 Å². The highest BCUT2D eigenvalue weighted by Crippen LogP contribution is 2.45. The van der Waals surface area contributed by atoms with E-state index in [1.54, 1.807) is 0 Å². The minimum Gasteiger partial charge on any atom is -0.462 e. The molecule has 0 aromatic rings. The van der Waals surface area contributed by atoms with Crippen LogP contribution >= 0.6 is 15.6 Å². The second kappa shape index (κ2) is 65.7.